The van der Waals surface area contributed by atoms with Crippen LogP contribution in [0.2, 0.25) is 0 Å². The minimum atomic E-state index is 0. The predicted octanol–water partition coefficient (Wildman–Crippen LogP) is 5.00. The van der Waals surface area contributed by atoms with Crippen LogP contribution in [0.25, 0.3) is 0 Å². The molecule has 0 bridgehead atoms. The molecule has 0 saturated carbocycles. The van der Waals surface area contributed by atoms with E-state index >= 15 is 0 Å². The summed E-state index contributed by atoms with van der Waals surface area (Å²) in [5, 5.41) is 0. The van der Waals surface area contributed by atoms with E-state index in [9.17, 15) is 0 Å². The molecule has 166 valence electrons. The Morgan fingerprint density at radius 3 is 2.47 bits per heavy atom. The first-order valence-electron chi connectivity index (χ1n) is 10.5. The van der Waals surface area contributed by atoms with Gasteiger partial charge in [-0.2, -0.15) is 0 Å². The number of hydrogen-bond acceptors (Lipinski definition) is 4. The highest BCUT2D eigenvalue weighted by atomic mass is 35.5. The molecule has 6 heteroatoms. The molecule has 2 aromatic carbocycles. The highest BCUT2D eigenvalue weighted by Crippen LogP contribution is 2.35. The van der Waals surface area contributed by atoms with Crippen molar-refractivity contribution < 1.29 is 9.47 Å². The second kappa shape index (κ2) is 11.2. The summed E-state index contributed by atoms with van der Waals surface area (Å²) in [5.74, 6) is 1.55. The van der Waals surface area contributed by atoms with E-state index in [-0.39, 0.29) is 30.9 Å². The molecule has 2 unspecified atom stereocenters. The summed E-state index contributed by atoms with van der Waals surface area (Å²) in [6.07, 6.45) is 1.16. The number of hydrogen-bond donors (Lipinski definition) is 0. The first-order chi connectivity index (χ1) is 13.7. The van der Waals surface area contributed by atoms with Crippen molar-refractivity contribution in [1.82, 2.24) is 4.90 Å². The van der Waals surface area contributed by atoms with E-state index in [0.717, 1.165) is 45.0 Å². The van der Waals surface area contributed by atoms with Crippen LogP contribution < -0.4 is 9.64 Å². The number of piperazine rings is 1. The maximum atomic E-state index is 6.39. The Balaban J connectivity index is 0.00000160. The van der Waals surface area contributed by atoms with Crippen LogP contribution in [0, 0.1) is 5.92 Å². The minimum Gasteiger partial charge on any atom is -0.497 e. The Morgan fingerprint density at radius 1 is 1.03 bits per heavy atom. The van der Waals surface area contributed by atoms with Crippen LogP contribution in [0.15, 0.2) is 48.5 Å². The molecule has 2 aliphatic heterocycles. The molecule has 0 amide bonds. The second-order valence-electron chi connectivity index (χ2n) is 8.34. The average Bonchev–Trinajstić information content (AvgIpc) is 2.73. The van der Waals surface area contributed by atoms with Crippen molar-refractivity contribution in [3.8, 4) is 5.75 Å². The van der Waals surface area contributed by atoms with Gasteiger partial charge in [0.05, 0.1) is 25.9 Å². The summed E-state index contributed by atoms with van der Waals surface area (Å²) in [6, 6.07) is 17.6. The van der Waals surface area contributed by atoms with Crippen LogP contribution in [0.4, 0.5) is 5.69 Å². The van der Waals surface area contributed by atoms with Gasteiger partial charge in [-0.1, -0.05) is 38.1 Å². The summed E-state index contributed by atoms with van der Waals surface area (Å²) in [6.45, 7) is 9.64. The van der Waals surface area contributed by atoms with Gasteiger partial charge in [0.2, 0.25) is 0 Å². The molecular formula is C24H34Cl2N2O2. The standard InChI is InChI=1S/C24H32N2O2.2ClH/c1-18(2)16-26-14-13-25(20-8-10-21(27-3)11-9-20)17-23(26)24-22-7-5-4-6-19(22)12-15-28-24;;/h4-11,18,23-24H,12-17H2,1-3H3;2*1H. The Kier molecular flexibility index (Phi) is 9.30. The Hall–Kier alpha value is -1.46. The lowest BCUT2D eigenvalue weighted by atomic mass is 9.90. The smallest absolute Gasteiger partial charge is 0.119 e. The normalized spacial score (nSPS) is 21.4. The zero-order valence-electron chi connectivity index (χ0n) is 18.1. The van der Waals surface area contributed by atoms with Crippen LogP contribution >= 0.6 is 24.8 Å². The largest absolute Gasteiger partial charge is 0.497 e. The molecule has 2 aliphatic rings. The number of fused-ring (bicyclic) bond motifs is 1. The molecule has 4 nitrogen and oxygen atoms in total. The number of methoxy groups -OCH3 is 1. The van der Waals surface area contributed by atoms with Crippen molar-refractivity contribution in [3.63, 3.8) is 0 Å². The minimum absolute atomic E-state index is 0. The van der Waals surface area contributed by atoms with Gasteiger partial charge in [0.25, 0.3) is 0 Å². The Bertz CT molecular complexity index is 785. The molecule has 4 rings (SSSR count). The lowest BCUT2D eigenvalue weighted by molar-refractivity contribution is -0.0309. The maximum Gasteiger partial charge on any atom is 0.119 e. The Morgan fingerprint density at radius 2 is 1.77 bits per heavy atom. The number of rotatable bonds is 5. The fraction of sp³-hybridized carbons (Fsp3) is 0.500. The van der Waals surface area contributed by atoms with Gasteiger partial charge >= 0.3 is 0 Å². The van der Waals surface area contributed by atoms with Crippen molar-refractivity contribution >= 4 is 30.5 Å². The van der Waals surface area contributed by atoms with Crippen molar-refractivity contribution in [2.24, 2.45) is 5.92 Å². The SMILES string of the molecule is COc1ccc(N2CCN(CC(C)C)C(C3OCCc4ccccc43)C2)cc1.Cl.Cl. The first kappa shape index (κ1) is 24.8. The second-order valence-corrected chi connectivity index (χ2v) is 8.34. The fourth-order valence-electron chi connectivity index (χ4n) is 4.60. The van der Waals surface area contributed by atoms with Gasteiger partial charge < -0.3 is 14.4 Å². The van der Waals surface area contributed by atoms with Crippen LogP contribution in [-0.4, -0.2) is 50.8 Å². The topological polar surface area (TPSA) is 24.9 Å². The number of anilines is 1. The summed E-state index contributed by atoms with van der Waals surface area (Å²) < 4.78 is 11.7. The highest BCUT2D eigenvalue weighted by molar-refractivity contribution is 5.85. The maximum absolute atomic E-state index is 6.39. The Labute approximate surface area is 193 Å². The molecule has 1 saturated heterocycles. The third-order valence-electron chi connectivity index (χ3n) is 5.95. The molecular weight excluding hydrogens is 419 g/mol. The molecule has 0 aromatic heterocycles. The third-order valence-corrected chi connectivity index (χ3v) is 5.95. The quantitative estimate of drug-likeness (QED) is 0.636. The van der Waals surface area contributed by atoms with Gasteiger partial charge in [-0.3, -0.25) is 4.90 Å². The van der Waals surface area contributed by atoms with Crippen molar-refractivity contribution in [2.75, 3.05) is 44.8 Å². The third kappa shape index (κ3) is 5.42. The molecule has 0 aliphatic carbocycles. The summed E-state index contributed by atoms with van der Waals surface area (Å²) in [5.41, 5.74) is 4.09. The molecule has 30 heavy (non-hydrogen) atoms. The van der Waals surface area contributed by atoms with Crippen molar-refractivity contribution in [2.45, 2.75) is 32.4 Å². The van der Waals surface area contributed by atoms with Crippen LogP contribution in [0.1, 0.15) is 31.1 Å². The van der Waals surface area contributed by atoms with Crippen LogP contribution in [0.3, 0.4) is 0 Å². The van der Waals surface area contributed by atoms with Gasteiger partial charge in [-0.05, 0) is 47.7 Å². The highest BCUT2D eigenvalue weighted by Gasteiger charge is 2.37. The fourth-order valence-corrected chi connectivity index (χ4v) is 4.60. The van der Waals surface area contributed by atoms with Gasteiger partial charge in [-0.25, -0.2) is 0 Å². The summed E-state index contributed by atoms with van der Waals surface area (Å²) in [4.78, 5) is 5.15. The van der Waals surface area contributed by atoms with E-state index in [2.05, 4.69) is 72.2 Å². The summed E-state index contributed by atoms with van der Waals surface area (Å²) in [7, 11) is 1.72. The van der Waals surface area contributed by atoms with Crippen molar-refractivity contribution in [1.29, 1.82) is 0 Å². The molecule has 2 aromatic rings. The first-order valence-corrected chi connectivity index (χ1v) is 10.5. The number of benzene rings is 2. The van der Waals surface area contributed by atoms with Gasteiger partial charge in [0, 0.05) is 31.9 Å². The predicted molar refractivity (Wildman–Crippen MR) is 129 cm³/mol. The van der Waals surface area contributed by atoms with E-state index in [4.69, 9.17) is 9.47 Å². The van der Waals surface area contributed by atoms with Gasteiger partial charge in [0.1, 0.15) is 5.75 Å². The molecule has 1 fully saturated rings. The number of nitrogens with zero attached hydrogens (tertiary/aromatic N) is 2. The molecule has 2 heterocycles. The van der Waals surface area contributed by atoms with E-state index in [0.29, 0.717) is 12.0 Å². The molecule has 0 radical (unpaired) electrons. The average molecular weight is 453 g/mol. The van der Waals surface area contributed by atoms with Crippen LogP contribution in [0.5, 0.6) is 5.75 Å². The zero-order chi connectivity index (χ0) is 19.5. The lowest BCUT2D eigenvalue weighted by Crippen LogP contribution is -2.57. The van der Waals surface area contributed by atoms with Crippen molar-refractivity contribution in [3.05, 3.63) is 59.7 Å². The molecule has 0 N–H and O–H groups in total. The van der Waals surface area contributed by atoms with E-state index < -0.39 is 0 Å². The van der Waals surface area contributed by atoms with Crippen LogP contribution in [-0.2, 0) is 11.2 Å². The number of ether oxygens (including phenoxy) is 2. The summed E-state index contributed by atoms with van der Waals surface area (Å²) >= 11 is 0. The van der Waals surface area contributed by atoms with E-state index in [1.807, 2.05) is 0 Å². The van der Waals surface area contributed by atoms with Gasteiger partial charge in [-0.15, -0.1) is 24.8 Å². The molecule has 0 spiro atoms. The van der Waals surface area contributed by atoms with Gasteiger partial charge in [0.15, 0.2) is 0 Å². The van der Waals surface area contributed by atoms with E-state index in [1.165, 1.54) is 16.8 Å². The lowest BCUT2D eigenvalue weighted by Gasteiger charge is -2.47. The number of halogens is 2. The van der Waals surface area contributed by atoms with E-state index in [1.54, 1.807) is 7.11 Å². The zero-order valence-corrected chi connectivity index (χ0v) is 19.8. The molecule has 2 atom stereocenters. The monoisotopic (exact) mass is 452 g/mol.